The van der Waals surface area contributed by atoms with Gasteiger partial charge in [-0.25, -0.2) is 26.5 Å². The fourth-order valence-corrected chi connectivity index (χ4v) is 3.84. The van der Waals surface area contributed by atoms with Crippen molar-refractivity contribution in [2.75, 3.05) is 6.26 Å². The van der Waals surface area contributed by atoms with Gasteiger partial charge in [0.05, 0.1) is 22.5 Å². The molecule has 136 valence electrons. The minimum atomic E-state index is -3.82. The Hall–Kier alpha value is -2.49. The van der Waals surface area contributed by atoms with Gasteiger partial charge in [0, 0.05) is 11.8 Å². The fourth-order valence-electron chi connectivity index (χ4n) is 2.23. The molecule has 7 nitrogen and oxygen atoms in total. The van der Waals surface area contributed by atoms with Crippen molar-refractivity contribution < 1.29 is 21.3 Å². The second-order valence-corrected chi connectivity index (χ2v) is 9.34. The summed E-state index contributed by atoms with van der Waals surface area (Å²) < 4.78 is 55.4. The van der Waals surface area contributed by atoms with Crippen LogP contribution in [0.15, 0.2) is 75.0 Å². The molecule has 3 aromatic rings. The lowest BCUT2D eigenvalue weighted by atomic mass is 10.2. The van der Waals surface area contributed by atoms with Crippen LogP contribution in [0.5, 0.6) is 0 Å². The van der Waals surface area contributed by atoms with E-state index < -0.39 is 19.9 Å². The first-order valence-electron chi connectivity index (χ1n) is 7.56. The molecule has 0 aliphatic carbocycles. The first-order valence-corrected chi connectivity index (χ1v) is 10.9. The molecule has 0 spiro atoms. The third-order valence-electron chi connectivity index (χ3n) is 3.59. The van der Waals surface area contributed by atoms with Gasteiger partial charge in [0.15, 0.2) is 15.6 Å². The van der Waals surface area contributed by atoms with Crippen molar-refractivity contribution >= 4 is 19.9 Å². The molecule has 9 heteroatoms. The maximum absolute atomic E-state index is 12.3. The smallest absolute Gasteiger partial charge is 0.241 e. The largest absolute Gasteiger partial charge is 0.439 e. The summed E-state index contributed by atoms with van der Waals surface area (Å²) in [6, 6.07) is 14.3. The van der Waals surface area contributed by atoms with Crippen molar-refractivity contribution in [1.29, 1.82) is 0 Å². The van der Waals surface area contributed by atoms with Gasteiger partial charge in [0.1, 0.15) is 0 Å². The van der Waals surface area contributed by atoms with E-state index in [1.807, 2.05) is 30.3 Å². The Balaban J connectivity index is 1.72. The van der Waals surface area contributed by atoms with Crippen LogP contribution in [-0.4, -0.2) is 28.1 Å². The lowest BCUT2D eigenvalue weighted by molar-refractivity contribution is 0.494. The van der Waals surface area contributed by atoms with E-state index in [0.717, 1.165) is 11.8 Å². The summed E-state index contributed by atoms with van der Waals surface area (Å²) in [6.45, 7) is -0.122. The highest BCUT2D eigenvalue weighted by molar-refractivity contribution is 7.90. The van der Waals surface area contributed by atoms with Gasteiger partial charge < -0.3 is 4.42 Å². The fraction of sp³-hybridized carbons (Fsp3) is 0.118. The van der Waals surface area contributed by atoms with E-state index in [-0.39, 0.29) is 22.2 Å². The molecular formula is C17H16N2O5S2. The maximum atomic E-state index is 12.3. The number of hydrogen-bond acceptors (Lipinski definition) is 6. The molecule has 1 heterocycles. The number of aromatic nitrogens is 1. The predicted octanol–water partition coefficient (Wildman–Crippen LogP) is 2.22. The highest BCUT2D eigenvalue weighted by atomic mass is 32.2. The molecule has 0 aliphatic heterocycles. The molecule has 0 radical (unpaired) electrons. The number of sulfone groups is 1. The van der Waals surface area contributed by atoms with Gasteiger partial charge in [-0.15, -0.1) is 0 Å². The molecule has 0 saturated heterocycles. The second-order valence-electron chi connectivity index (χ2n) is 5.55. The van der Waals surface area contributed by atoms with Crippen molar-refractivity contribution in [3.8, 4) is 11.3 Å². The Morgan fingerprint density at radius 3 is 2.15 bits per heavy atom. The van der Waals surface area contributed by atoms with Crippen LogP contribution in [0, 0.1) is 0 Å². The maximum Gasteiger partial charge on any atom is 0.241 e. The van der Waals surface area contributed by atoms with Crippen LogP contribution in [0.25, 0.3) is 11.3 Å². The predicted molar refractivity (Wildman–Crippen MR) is 95.5 cm³/mol. The number of oxazole rings is 1. The molecule has 1 aromatic heterocycles. The van der Waals surface area contributed by atoms with Gasteiger partial charge >= 0.3 is 0 Å². The summed E-state index contributed by atoms with van der Waals surface area (Å²) in [7, 11) is -7.21. The molecule has 0 unspecified atom stereocenters. The quantitative estimate of drug-likeness (QED) is 0.689. The molecule has 0 atom stereocenters. The highest BCUT2D eigenvalue weighted by Gasteiger charge is 2.17. The molecule has 2 aromatic carbocycles. The van der Waals surface area contributed by atoms with Gasteiger partial charge in [0.25, 0.3) is 0 Å². The standard InChI is InChI=1S/C17H16N2O5S2/c1-25(20,21)14-7-9-15(10-8-14)26(22,23)19-12-17-18-11-16(24-17)13-5-3-2-4-6-13/h2-11,19H,12H2,1H3. The average molecular weight is 392 g/mol. The van der Waals surface area contributed by atoms with E-state index in [2.05, 4.69) is 9.71 Å². The first-order chi connectivity index (χ1) is 12.3. The molecule has 0 bridgehead atoms. The molecule has 3 rings (SSSR count). The van der Waals surface area contributed by atoms with E-state index in [1.165, 1.54) is 30.5 Å². The molecule has 0 aliphatic rings. The van der Waals surface area contributed by atoms with Crippen LogP contribution in [0.2, 0.25) is 0 Å². The van der Waals surface area contributed by atoms with Gasteiger partial charge in [-0.3, -0.25) is 0 Å². The number of sulfonamides is 1. The Labute approximate surface area is 151 Å². The van der Waals surface area contributed by atoms with Crippen molar-refractivity contribution in [1.82, 2.24) is 9.71 Å². The van der Waals surface area contributed by atoms with Gasteiger partial charge in [-0.05, 0) is 24.3 Å². The van der Waals surface area contributed by atoms with E-state index >= 15 is 0 Å². The zero-order valence-electron chi connectivity index (χ0n) is 13.8. The summed E-state index contributed by atoms with van der Waals surface area (Å²) in [5.74, 6) is 0.762. The third kappa shape index (κ3) is 4.18. The Bertz CT molecular complexity index is 1100. The zero-order valence-corrected chi connectivity index (χ0v) is 15.4. The third-order valence-corrected chi connectivity index (χ3v) is 6.13. The summed E-state index contributed by atoms with van der Waals surface area (Å²) >= 11 is 0. The van der Waals surface area contributed by atoms with E-state index in [1.54, 1.807) is 0 Å². The van der Waals surface area contributed by atoms with Crippen LogP contribution < -0.4 is 4.72 Å². The number of nitrogens with zero attached hydrogens (tertiary/aromatic N) is 1. The van der Waals surface area contributed by atoms with Crippen molar-refractivity contribution in [2.45, 2.75) is 16.3 Å². The SMILES string of the molecule is CS(=O)(=O)c1ccc(S(=O)(=O)NCc2ncc(-c3ccccc3)o2)cc1. The normalized spacial score (nSPS) is 12.2. The van der Waals surface area contributed by atoms with E-state index in [0.29, 0.717) is 5.76 Å². The lowest BCUT2D eigenvalue weighted by Crippen LogP contribution is -2.23. The molecular weight excluding hydrogens is 376 g/mol. The number of hydrogen-bond donors (Lipinski definition) is 1. The van der Waals surface area contributed by atoms with Crippen molar-refractivity contribution in [2.24, 2.45) is 0 Å². The molecule has 1 N–H and O–H groups in total. The summed E-state index contributed by atoms with van der Waals surface area (Å²) in [5.41, 5.74) is 0.838. The molecule has 26 heavy (non-hydrogen) atoms. The Morgan fingerprint density at radius 2 is 1.54 bits per heavy atom. The van der Waals surface area contributed by atoms with Crippen LogP contribution in [-0.2, 0) is 26.4 Å². The minimum Gasteiger partial charge on any atom is -0.439 e. The van der Waals surface area contributed by atoms with Crippen LogP contribution in [0.3, 0.4) is 0 Å². The Kier molecular flexibility index (Phi) is 4.94. The van der Waals surface area contributed by atoms with Gasteiger partial charge in [0.2, 0.25) is 15.9 Å². The van der Waals surface area contributed by atoms with Crippen LogP contribution in [0.4, 0.5) is 0 Å². The number of rotatable bonds is 6. The molecule has 0 amide bonds. The summed E-state index contributed by atoms with van der Waals surface area (Å²) in [5, 5.41) is 0. The average Bonchev–Trinajstić information content (AvgIpc) is 3.09. The second kappa shape index (κ2) is 7.02. The minimum absolute atomic E-state index is 0.0419. The van der Waals surface area contributed by atoms with Crippen LogP contribution in [0.1, 0.15) is 5.89 Å². The molecule has 0 fully saturated rings. The lowest BCUT2D eigenvalue weighted by Gasteiger charge is -2.06. The zero-order chi connectivity index (χ0) is 18.8. The first kappa shape index (κ1) is 18.3. The van der Waals surface area contributed by atoms with Gasteiger partial charge in [-0.2, -0.15) is 0 Å². The summed E-state index contributed by atoms with van der Waals surface area (Å²) in [4.78, 5) is 4.07. The summed E-state index contributed by atoms with van der Waals surface area (Å²) in [6.07, 6.45) is 2.58. The topological polar surface area (TPSA) is 106 Å². The molecule has 0 saturated carbocycles. The van der Waals surface area contributed by atoms with Gasteiger partial charge in [-0.1, -0.05) is 30.3 Å². The van der Waals surface area contributed by atoms with E-state index in [4.69, 9.17) is 4.42 Å². The van der Waals surface area contributed by atoms with Crippen molar-refractivity contribution in [3.05, 3.63) is 66.7 Å². The van der Waals surface area contributed by atoms with Crippen LogP contribution >= 0.6 is 0 Å². The number of benzene rings is 2. The highest BCUT2D eigenvalue weighted by Crippen LogP contribution is 2.20. The number of nitrogens with one attached hydrogen (secondary N) is 1. The monoisotopic (exact) mass is 392 g/mol. The van der Waals surface area contributed by atoms with Crippen molar-refractivity contribution in [3.63, 3.8) is 0 Å². The van der Waals surface area contributed by atoms with E-state index in [9.17, 15) is 16.8 Å². The Morgan fingerprint density at radius 1 is 0.923 bits per heavy atom.